The minimum absolute atomic E-state index is 0.0140. The molecule has 1 aromatic carbocycles. The minimum atomic E-state index is -1.09. The van der Waals surface area contributed by atoms with Crippen LogP contribution in [-0.2, 0) is 10.2 Å². The van der Waals surface area contributed by atoms with E-state index in [0.29, 0.717) is 34.8 Å². The van der Waals surface area contributed by atoms with Crippen LogP contribution < -0.4 is 10.6 Å². The molecule has 2 aromatic heterocycles. The van der Waals surface area contributed by atoms with Crippen LogP contribution in [0.3, 0.4) is 0 Å². The maximum Gasteiger partial charge on any atom is 0.351 e. The third-order valence-corrected chi connectivity index (χ3v) is 7.67. The molecule has 3 atom stereocenters. The van der Waals surface area contributed by atoms with Gasteiger partial charge in [0, 0.05) is 31.4 Å². The van der Waals surface area contributed by atoms with Crippen molar-refractivity contribution in [3.05, 3.63) is 71.2 Å². The maximum atomic E-state index is 13.0. The van der Waals surface area contributed by atoms with Crippen LogP contribution in [0.5, 0.6) is 0 Å². The Morgan fingerprint density at radius 1 is 1.00 bits per heavy atom. The van der Waals surface area contributed by atoms with Gasteiger partial charge in [-0.3, -0.25) is 4.79 Å². The highest BCUT2D eigenvalue weighted by Crippen LogP contribution is 2.39. The molecule has 3 aliphatic rings. The van der Waals surface area contributed by atoms with Crippen molar-refractivity contribution in [1.82, 2.24) is 25.2 Å². The normalized spacial score (nSPS) is 21.9. The molecule has 5 heterocycles. The number of carbonyl (C=O) groups excluding carboxylic acids is 1. The summed E-state index contributed by atoms with van der Waals surface area (Å²) in [4.78, 5) is 44.7. The fraction of sp³-hybridized carbons (Fsp3) is 0.379. The first kappa shape index (κ1) is 25.1. The van der Waals surface area contributed by atoms with E-state index >= 15 is 0 Å². The quantitative estimate of drug-likeness (QED) is 0.458. The first-order valence-electron chi connectivity index (χ1n) is 13.2. The predicted octanol–water partition coefficient (Wildman–Crippen LogP) is 3.79. The number of aromatic nitrogens is 3. The highest BCUT2D eigenvalue weighted by molar-refractivity contribution is 6.40. The third-order valence-electron chi connectivity index (χ3n) is 7.67. The number of amides is 1. The van der Waals surface area contributed by atoms with Gasteiger partial charge < -0.3 is 20.6 Å². The summed E-state index contributed by atoms with van der Waals surface area (Å²) in [5.74, 6) is -0.962. The summed E-state index contributed by atoms with van der Waals surface area (Å²) in [6.45, 7) is 7.84. The molecule has 3 unspecified atom stereocenters. The Labute approximate surface area is 226 Å². The molecule has 0 saturated carbocycles. The molecule has 200 valence electrons. The summed E-state index contributed by atoms with van der Waals surface area (Å²) in [5.41, 5.74) is 3.44. The second kappa shape index (κ2) is 9.53. The lowest BCUT2D eigenvalue weighted by Crippen LogP contribution is -2.53. The summed E-state index contributed by atoms with van der Waals surface area (Å²) in [6.07, 6.45) is 5.30. The number of fused-ring (bicyclic) bond motifs is 3. The van der Waals surface area contributed by atoms with Gasteiger partial charge in [-0.2, -0.15) is 0 Å². The van der Waals surface area contributed by atoms with E-state index in [1.165, 1.54) is 6.20 Å². The lowest BCUT2D eigenvalue weighted by Gasteiger charge is -2.32. The molecule has 2 bridgehead atoms. The van der Waals surface area contributed by atoms with E-state index in [9.17, 15) is 14.7 Å². The van der Waals surface area contributed by atoms with Crippen molar-refractivity contribution in [2.45, 2.75) is 57.0 Å². The fourth-order valence-electron chi connectivity index (χ4n) is 5.59. The number of hydrogen-bond acceptors (Lipinski definition) is 8. The number of benzene rings is 1. The van der Waals surface area contributed by atoms with Gasteiger partial charge in [0.2, 0.25) is 5.95 Å². The first-order valence-corrected chi connectivity index (χ1v) is 13.2. The van der Waals surface area contributed by atoms with Crippen LogP contribution in [0.25, 0.3) is 0 Å². The number of anilines is 2. The maximum absolute atomic E-state index is 13.0. The number of piperazine rings is 1. The molecule has 3 N–H and O–H groups in total. The van der Waals surface area contributed by atoms with Crippen LogP contribution in [0.1, 0.15) is 66.7 Å². The molecule has 0 radical (unpaired) electrons. The number of carbonyl (C=O) groups is 2. The number of aliphatic carboxylic acids is 1. The fourth-order valence-corrected chi connectivity index (χ4v) is 5.59. The Morgan fingerprint density at radius 3 is 2.33 bits per heavy atom. The zero-order valence-electron chi connectivity index (χ0n) is 22.2. The van der Waals surface area contributed by atoms with Crippen molar-refractivity contribution in [3.63, 3.8) is 0 Å². The molecule has 3 aromatic rings. The number of nitrogens with zero attached hydrogens (tertiary/aromatic N) is 5. The Hall–Kier alpha value is -4.18. The average molecular weight is 526 g/mol. The summed E-state index contributed by atoms with van der Waals surface area (Å²) in [7, 11) is 0. The number of carboxylic acids is 1. The Kier molecular flexibility index (Phi) is 6.14. The zero-order valence-corrected chi connectivity index (χ0v) is 22.2. The van der Waals surface area contributed by atoms with Crippen LogP contribution in [0.2, 0.25) is 0 Å². The molecule has 2 fully saturated rings. The SMILES string of the molecule is CC(C)(C)c1ccc(C2C(C(=O)O)=Nc3cnc(Nc4ccc(C(=O)N5CC6CCC(C5)N6)cn4)nc32)cc1. The van der Waals surface area contributed by atoms with E-state index in [4.69, 9.17) is 0 Å². The second-order valence-electron chi connectivity index (χ2n) is 11.5. The number of pyridine rings is 1. The molecule has 1 amide bonds. The molecule has 39 heavy (non-hydrogen) atoms. The van der Waals surface area contributed by atoms with E-state index in [0.717, 1.165) is 37.1 Å². The largest absolute Gasteiger partial charge is 0.477 e. The molecule has 6 rings (SSSR count). The molecular weight excluding hydrogens is 494 g/mol. The molecule has 10 nitrogen and oxygen atoms in total. The molecule has 0 aliphatic carbocycles. The molecule has 10 heteroatoms. The number of carboxylic acid groups (broad SMARTS) is 1. The number of nitrogens with one attached hydrogen (secondary N) is 2. The van der Waals surface area contributed by atoms with Gasteiger partial charge >= 0.3 is 5.97 Å². The van der Waals surface area contributed by atoms with Crippen LogP contribution in [0.4, 0.5) is 17.5 Å². The molecule has 2 saturated heterocycles. The van der Waals surface area contributed by atoms with Gasteiger partial charge in [-0.15, -0.1) is 0 Å². The van der Waals surface area contributed by atoms with Crippen LogP contribution in [0.15, 0.2) is 53.8 Å². The number of likely N-dealkylation sites (tertiary alicyclic amines) is 1. The monoisotopic (exact) mass is 525 g/mol. The van der Waals surface area contributed by atoms with Gasteiger partial charge in [-0.05, 0) is 41.5 Å². The van der Waals surface area contributed by atoms with E-state index in [1.807, 2.05) is 29.2 Å². The second-order valence-corrected chi connectivity index (χ2v) is 11.5. The summed E-state index contributed by atoms with van der Waals surface area (Å²) in [6, 6.07) is 12.2. The predicted molar refractivity (Wildman–Crippen MR) is 147 cm³/mol. The Bertz CT molecular complexity index is 1450. The van der Waals surface area contributed by atoms with Crippen molar-refractivity contribution in [3.8, 4) is 0 Å². The minimum Gasteiger partial charge on any atom is -0.477 e. The zero-order chi connectivity index (χ0) is 27.3. The topological polar surface area (TPSA) is 133 Å². The van der Waals surface area contributed by atoms with Crippen molar-refractivity contribution in [1.29, 1.82) is 0 Å². The Balaban J connectivity index is 1.21. The van der Waals surface area contributed by atoms with Crippen LogP contribution in [0, 0.1) is 0 Å². The van der Waals surface area contributed by atoms with Gasteiger partial charge in [0.1, 0.15) is 17.2 Å². The lowest BCUT2D eigenvalue weighted by molar-refractivity contribution is -0.129. The van der Waals surface area contributed by atoms with Gasteiger partial charge in [0.05, 0.1) is 23.4 Å². The van der Waals surface area contributed by atoms with E-state index in [-0.39, 0.29) is 23.0 Å². The first-order chi connectivity index (χ1) is 18.7. The van der Waals surface area contributed by atoms with Gasteiger partial charge in [0.25, 0.3) is 5.91 Å². The number of rotatable bonds is 5. The lowest BCUT2D eigenvalue weighted by atomic mass is 9.84. The van der Waals surface area contributed by atoms with Gasteiger partial charge in [0.15, 0.2) is 0 Å². The molecular formula is C29H31N7O3. The number of hydrogen-bond donors (Lipinski definition) is 3. The van der Waals surface area contributed by atoms with Crippen molar-refractivity contribution in [2.75, 3.05) is 18.4 Å². The smallest absolute Gasteiger partial charge is 0.351 e. The highest BCUT2D eigenvalue weighted by atomic mass is 16.4. The van der Waals surface area contributed by atoms with Crippen LogP contribution >= 0.6 is 0 Å². The van der Waals surface area contributed by atoms with Crippen LogP contribution in [-0.4, -0.2) is 67.7 Å². The van der Waals surface area contributed by atoms with Gasteiger partial charge in [-0.1, -0.05) is 45.0 Å². The van der Waals surface area contributed by atoms with Crippen molar-refractivity contribution < 1.29 is 14.7 Å². The van der Waals surface area contributed by atoms with E-state index < -0.39 is 11.9 Å². The standard InChI is InChI=1S/C29H31N7O3/c1-29(2,3)18-7-4-16(5-8-18)23-24-21(33-25(23)27(38)39)13-31-28(35-24)34-22-11-6-17(12-30-22)26(37)36-14-19-9-10-20(15-36)32-19/h4-8,11-13,19-20,23,32H,9-10,14-15H2,1-3H3,(H,38,39)(H,30,31,34,35). The summed E-state index contributed by atoms with van der Waals surface area (Å²) in [5, 5.41) is 16.5. The average Bonchev–Trinajstić information content (AvgIpc) is 3.47. The summed E-state index contributed by atoms with van der Waals surface area (Å²) >= 11 is 0. The van der Waals surface area contributed by atoms with E-state index in [1.54, 1.807) is 18.3 Å². The van der Waals surface area contributed by atoms with E-state index in [2.05, 4.69) is 51.3 Å². The van der Waals surface area contributed by atoms with Gasteiger partial charge in [-0.25, -0.2) is 24.7 Å². The Morgan fingerprint density at radius 2 is 1.72 bits per heavy atom. The molecule has 3 aliphatic heterocycles. The summed E-state index contributed by atoms with van der Waals surface area (Å²) < 4.78 is 0. The van der Waals surface area contributed by atoms with Crippen molar-refractivity contribution in [2.24, 2.45) is 4.99 Å². The molecule has 0 spiro atoms. The number of aliphatic imine (C=N–C) groups is 1. The third kappa shape index (κ3) is 4.87. The highest BCUT2D eigenvalue weighted by Gasteiger charge is 2.36. The van der Waals surface area contributed by atoms with Crippen molar-refractivity contribution >= 4 is 35.0 Å².